The van der Waals surface area contributed by atoms with Crippen LogP contribution in [-0.2, 0) is 19.1 Å². The van der Waals surface area contributed by atoms with Gasteiger partial charge in [-0.25, -0.2) is 9.59 Å². The molecule has 0 aromatic carbocycles. The molecule has 1 aliphatic rings. The molecule has 4 nitrogen and oxygen atoms in total. The maximum atomic E-state index is 9.88. The smallest absolute Gasteiger partial charge is 0.419 e. The maximum absolute atomic E-state index is 9.88. The number of rotatable bonds is 0. The van der Waals surface area contributed by atoms with Crippen LogP contribution in [0.1, 0.15) is 0 Å². The summed E-state index contributed by atoms with van der Waals surface area (Å²) in [7, 11) is 0. The largest absolute Gasteiger partial charge is 0.420 e. The van der Waals surface area contributed by atoms with Gasteiger partial charge >= 0.3 is 11.9 Å². The van der Waals surface area contributed by atoms with Crippen LogP contribution in [-0.4, -0.2) is 122 Å². The molecule has 9 heavy (non-hydrogen) atoms. The summed E-state index contributed by atoms with van der Waals surface area (Å²) in [5, 5.41) is 0. The topological polar surface area (TPSA) is 52.6 Å². The average molecular weight is 180 g/mol. The Morgan fingerprint density at radius 1 is 1.00 bits per heavy atom. The number of ether oxygens (including phenoxy) is 2. The van der Waals surface area contributed by atoms with Gasteiger partial charge in [0.05, 0.1) is 0 Å². The Morgan fingerprint density at radius 2 is 1.33 bits per heavy atom. The third kappa shape index (κ3) is 4.62. The van der Waals surface area contributed by atoms with Crippen molar-refractivity contribution in [3.63, 3.8) is 0 Å². The standard InChI is InChI=1S/C3H2O4.2K/c4-2-3(5)7-1-6-2;;/h1H2;;. The fraction of sp³-hybridized carbons (Fsp3) is 0.333. The summed E-state index contributed by atoms with van der Waals surface area (Å²) >= 11 is 0. The van der Waals surface area contributed by atoms with Gasteiger partial charge < -0.3 is 9.47 Å². The first kappa shape index (κ1) is 13.8. The van der Waals surface area contributed by atoms with Crippen molar-refractivity contribution in [2.45, 2.75) is 0 Å². The van der Waals surface area contributed by atoms with E-state index in [1.165, 1.54) is 0 Å². The van der Waals surface area contributed by atoms with Crippen LogP contribution in [0.15, 0.2) is 0 Å². The number of esters is 2. The Labute approximate surface area is 137 Å². The summed E-state index contributed by atoms with van der Waals surface area (Å²) in [4.78, 5) is 19.8. The van der Waals surface area contributed by atoms with Crippen molar-refractivity contribution < 1.29 is 19.1 Å². The number of cyclic esters (lactones) is 2. The van der Waals surface area contributed by atoms with Gasteiger partial charge in [0.1, 0.15) is 0 Å². The monoisotopic (exact) mass is 180 g/mol. The molecule has 0 saturated carbocycles. The number of hydrogen-bond acceptors (Lipinski definition) is 4. The minimum Gasteiger partial charge on any atom is -0.419 e. The molecule has 1 saturated heterocycles. The third-order valence-electron chi connectivity index (χ3n) is 0.547. The molecule has 0 bridgehead atoms. The van der Waals surface area contributed by atoms with Crippen LogP contribution in [0.2, 0.25) is 0 Å². The molecule has 6 heteroatoms. The van der Waals surface area contributed by atoms with Crippen molar-refractivity contribution in [2.75, 3.05) is 6.79 Å². The molecule has 1 aliphatic heterocycles. The maximum Gasteiger partial charge on any atom is 0.420 e. The molecular weight excluding hydrogens is 178 g/mol. The fourth-order valence-corrected chi connectivity index (χ4v) is 0.254. The van der Waals surface area contributed by atoms with Crippen LogP contribution in [0, 0.1) is 0 Å². The van der Waals surface area contributed by atoms with Gasteiger partial charge in [-0.15, -0.1) is 0 Å². The first-order valence-electron chi connectivity index (χ1n) is 1.64. The Kier molecular flexibility index (Phi) is 10.6. The van der Waals surface area contributed by atoms with Crippen LogP contribution in [0.3, 0.4) is 0 Å². The molecular formula is C3H2K2O4. The van der Waals surface area contributed by atoms with Gasteiger partial charge in [0.25, 0.3) is 0 Å². The zero-order chi connectivity index (χ0) is 5.28. The van der Waals surface area contributed by atoms with Gasteiger partial charge in [-0.1, -0.05) is 0 Å². The van der Waals surface area contributed by atoms with Crippen molar-refractivity contribution in [1.29, 1.82) is 0 Å². The van der Waals surface area contributed by atoms with E-state index in [1.54, 1.807) is 0 Å². The van der Waals surface area contributed by atoms with Crippen LogP contribution >= 0.6 is 0 Å². The quantitative estimate of drug-likeness (QED) is 0.253. The summed E-state index contributed by atoms with van der Waals surface area (Å²) in [6.07, 6.45) is 0. The van der Waals surface area contributed by atoms with Gasteiger partial charge in [-0.3, -0.25) is 0 Å². The molecule has 0 unspecified atom stereocenters. The van der Waals surface area contributed by atoms with Crippen molar-refractivity contribution in [3.8, 4) is 0 Å². The van der Waals surface area contributed by atoms with Gasteiger partial charge in [0.2, 0.25) is 6.79 Å². The molecule has 1 rings (SSSR count). The van der Waals surface area contributed by atoms with Crippen molar-refractivity contribution in [2.24, 2.45) is 0 Å². The molecule has 1 fully saturated rings. The van der Waals surface area contributed by atoms with E-state index < -0.39 is 11.9 Å². The summed E-state index contributed by atoms with van der Waals surface area (Å²) in [6.45, 7) is -0.225. The van der Waals surface area contributed by atoms with Gasteiger partial charge in [-0.2, -0.15) is 0 Å². The second kappa shape index (κ2) is 6.89. The summed E-state index contributed by atoms with van der Waals surface area (Å²) in [5.41, 5.74) is 0. The molecule has 2 radical (unpaired) electrons. The molecule has 0 spiro atoms. The minimum absolute atomic E-state index is 0. The average Bonchev–Trinajstić information content (AvgIpc) is 1.91. The van der Waals surface area contributed by atoms with E-state index in [2.05, 4.69) is 9.47 Å². The van der Waals surface area contributed by atoms with E-state index in [-0.39, 0.29) is 110 Å². The first-order valence-corrected chi connectivity index (χ1v) is 1.64. The number of carbonyl (C=O) groups is 2. The predicted molar refractivity (Wildman–Crippen MR) is 28.6 cm³/mol. The van der Waals surface area contributed by atoms with E-state index in [1.807, 2.05) is 0 Å². The first-order chi connectivity index (χ1) is 3.30. The number of hydrogen-bond donors (Lipinski definition) is 0. The Hall–Kier alpha value is 2.21. The summed E-state index contributed by atoms with van der Waals surface area (Å²) in [6, 6.07) is 0. The Bertz CT molecular complexity index is 109. The zero-order valence-corrected chi connectivity index (χ0v) is 11.6. The van der Waals surface area contributed by atoms with Crippen molar-refractivity contribution in [1.82, 2.24) is 0 Å². The van der Waals surface area contributed by atoms with Gasteiger partial charge in [0.15, 0.2) is 0 Å². The molecule has 40 valence electrons. The molecule has 1 heterocycles. The fourth-order valence-electron chi connectivity index (χ4n) is 0.254. The van der Waals surface area contributed by atoms with E-state index >= 15 is 0 Å². The van der Waals surface area contributed by atoms with E-state index in [0.717, 1.165) is 0 Å². The van der Waals surface area contributed by atoms with Crippen LogP contribution < -0.4 is 0 Å². The minimum atomic E-state index is -0.903. The predicted octanol–water partition coefficient (Wildman–Crippen LogP) is -1.72. The molecule has 0 amide bonds. The SMILES string of the molecule is O=C1OCOC1=O.[K].[K]. The van der Waals surface area contributed by atoms with E-state index in [4.69, 9.17) is 0 Å². The van der Waals surface area contributed by atoms with Gasteiger partial charge in [0, 0.05) is 103 Å². The number of carbonyl (C=O) groups excluding carboxylic acids is 2. The molecule has 0 aliphatic carbocycles. The van der Waals surface area contributed by atoms with Crippen molar-refractivity contribution in [3.05, 3.63) is 0 Å². The zero-order valence-electron chi connectivity index (χ0n) is 5.34. The van der Waals surface area contributed by atoms with E-state index in [9.17, 15) is 9.59 Å². The molecule has 0 N–H and O–H groups in total. The van der Waals surface area contributed by atoms with Crippen LogP contribution in [0.4, 0.5) is 0 Å². The third-order valence-corrected chi connectivity index (χ3v) is 0.547. The second-order valence-electron chi connectivity index (χ2n) is 0.981. The van der Waals surface area contributed by atoms with Gasteiger partial charge in [-0.05, 0) is 0 Å². The Morgan fingerprint density at radius 3 is 1.44 bits per heavy atom. The normalized spacial score (nSPS) is 14.7. The molecule has 0 aromatic rings. The van der Waals surface area contributed by atoms with Crippen LogP contribution in [0.25, 0.3) is 0 Å². The second-order valence-corrected chi connectivity index (χ2v) is 0.981. The van der Waals surface area contributed by atoms with Crippen molar-refractivity contribution >= 4 is 115 Å². The van der Waals surface area contributed by atoms with Crippen LogP contribution in [0.5, 0.6) is 0 Å². The van der Waals surface area contributed by atoms with E-state index in [0.29, 0.717) is 0 Å². The molecule has 0 aromatic heterocycles. The summed E-state index contributed by atoms with van der Waals surface area (Å²) in [5.74, 6) is -1.81. The molecule has 0 atom stereocenters. The Balaban J connectivity index is 0. The summed E-state index contributed by atoms with van der Waals surface area (Å²) < 4.78 is 8.11.